The maximum absolute atomic E-state index is 12.6. The molecule has 1 aromatic carbocycles. The summed E-state index contributed by atoms with van der Waals surface area (Å²) < 4.78 is 12.9. The van der Waals surface area contributed by atoms with E-state index in [1.165, 1.54) is 21.7 Å². The summed E-state index contributed by atoms with van der Waals surface area (Å²) >= 11 is 0. The molecule has 1 aliphatic heterocycles. The lowest BCUT2D eigenvalue weighted by Crippen LogP contribution is -2.42. The molecule has 0 saturated carbocycles. The first-order chi connectivity index (χ1) is 12.1. The third-order valence-corrected chi connectivity index (χ3v) is 3.91. The van der Waals surface area contributed by atoms with E-state index in [1.54, 1.807) is 7.05 Å². The van der Waals surface area contributed by atoms with E-state index in [0.29, 0.717) is 31.2 Å². The summed E-state index contributed by atoms with van der Waals surface area (Å²) in [4.78, 5) is 25.8. The molecular weight excluding hydrogens is 322 g/mol. The van der Waals surface area contributed by atoms with Crippen LogP contribution in [0, 0.1) is 0 Å². The number of nitrogens with zero attached hydrogens (tertiary/aromatic N) is 3. The molecule has 7 heteroatoms. The molecular formula is C18H21N3O4. The van der Waals surface area contributed by atoms with Gasteiger partial charge in [0.15, 0.2) is 17.6 Å². The molecule has 3 rings (SSSR count). The highest BCUT2D eigenvalue weighted by Crippen LogP contribution is 2.30. The van der Waals surface area contributed by atoms with Gasteiger partial charge in [-0.05, 0) is 24.6 Å². The van der Waals surface area contributed by atoms with Crippen LogP contribution in [0.5, 0.6) is 11.5 Å². The molecule has 0 radical (unpaired) electrons. The third kappa shape index (κ3) is 3.81. The van der Waals surface area contributed by atoms with E-state index < -0.39 is 0 Å². The number of ether oxygens (including phenoxy) is 2. The Hall–Kier alpha value is -2.83. The molecule has 7 nitrogen and oxygen atoms in total. The molecule has 2 heterocycles. The van der Waals surface area contributed by atoms with Crippen molar-refractivity contribution in [2.45, 2.75) is 26.0 Å². The van der Waals surface area contributed by atoms with Crippen LogP contribution in [-0.2, 0) is 6.54 Å². The van der Waals surface area contributed by atoms with Crippen LogP contribution in [0.3, 0.4) is 0 Å². The van der Waals surface area contributed by atoms with E-state index in [2.05, 4.69) is 5.10 Å². The van der Waals surface area contributed by atoms with Crippen molar-refractivity contribution < 1.29 is 14.3 Å². The van der Waals surface area contributed by atoms with Gasteiger partial charge in [-0.3, -0.25) is 9.59 Å². The number of amides is 1. The van der Waals surface area contributed by atoms with Gasteiger partial charge >= 0.3 is 0 Å². The lowest BCUT2D eigenvalue weighted by Gasteiger charge is -2.29. The van der Waals surface area contributed by atoms with Crippen molar-refractivity contribution in [1.29, 1.82) is 0 Å². The predicted octanol–water partition coefficient (Wildman–Crippen LogP) is 1.57. The number of para-hydroxylation sites is 2. The lowest BCUT2D eigenvalue weighted by molar-refractivity contribution is 0.0515. The highest BCUT2D eigenvalue weighted by molar-refractivity contribution is 5.91. The number of aromatic nitrogens is 2. The Bertz CT molecular complexity index is 818. The first kappa shape index (κ1) is 17.0. The topological polar surface area (TPSA) is 73.7 Å². The van der Waals surface area contributed by atoms with E-state index >= 15 is 0 Å². The molecule has 1 aromatic heterocycles. The van der Waals surface area contributed by atoms with E-state index in [9.17, 15) is 9.59 Å². The van der Waals surface area contributed by atoms with Crippen molar-refractivity contribution >= 4 is 5.91 Å². The fourth-order valence-electron chi connectivity index (χ4n) is 2.67. The molecule has 1 aliphatic rings. The SMILES string of the molecule is CCCn1nc(C(=O)N(C)C[C@H]2COc3ccccc3O2)ccc1=O. The quantitative estimate of drug-likeness (QED) is 0.824. The van der Waals surface area contributed by atoms with Crippen LogP contribution in [0.25, 0.3) is 0 Å². The summed E-state index contributed by atoms with van der Waals surface area (Å²) in [6.07, 6.45) is 0.512. The molecule has 0 unspecified atom stereocenters. The smallest absolute Gasteiger partial charge is 0.274 e. The van der Waals surface area contributed by atoms with Gasteiger partial charge in [-0.15, -0.1) is 0 Å². The normalized spacial score (nSPS) is 15.7. The van der Waals surface area contributed by atoms with Crippen LogP contribution in [0.4, 0.5) is 0 Å². The summed E-state index contributed by atoms with van der Waals surface area (Å²) in [5.41, 5.74) is 0.0364. The maximum Gasteiger partial charge on any atom is 0.274 e. The minimum atomic E-state index is -0.259. The molecule has 0 bridgehead atoms. The highest BCUT2D eigenvalue weighted by Gasteiger charge is 2.24. The molecule has 0 spiro atoms. The molecule has 0 N–H and O–H groups in total. The number of likely N-dealkylation sites (N-methyl/N-ethyl adjacent to an activating group) is 1. The zero-order valence-corrected chi connectivity index (χ0v) is 14.3. The average Bonchev–Trinajstić information content (AvgIpc) is 2.63. The lowest BCUT2D eigenvalue weighted by atomic mass is 10.2. The van der Waals surface area contributed by atoms with Crippen molar-refractivity contribution in [3.8, 4) is 11.5 Å². The second kappa shape index (κ2) is 7.38. The number of fused-ring (bicyclic) bond motifs is 1. The number of benzene rings is 1. The maximum atomic E-state index is 12.6. The predicted molar refractivity (Wildman–Crippen MR) is 92.1 cm³/mol. The van der Waals surface area contributed by atoms with Gasteiger partial charge in [0, 0.05) is 19.7 Å². The second-order valence-corrected chi connectivity index (χ2v) is 5.96. The summed E-state index contributed by atoms with van der Waals surface area (Å²) in [5, 5.41) is 4.15. The third-order valence-electron chi connectivity index (χ3n) is 3.91. The van der Waals surface area contributed by atoms with Crippen LogP contribution in [-0.4, -0.2) is 46.9 Å². The summed E-state index contributed by atoms with van der Waals surface area (Å²) in [6.45, 7) is 3.17. The van der Waals surface area contributed by atoms with Gasteiger partial charge in [-0.1, -0.05) is 19.1 Å². The van der Waals surface area contributed by atoms with Crippen molar-refractivity contribution in [3.05, 3.63) is 52.4 Å². The van der Waals surface area contributed by atoms with Crippen molar-refractivity contribution in [2.75, 3.05) is 20.2 Å². The van der Waals surface area contributed by atoms with Gasteiger partial charge in [0.2, 0.25) is 0 Å². The Morgan fingerprint density at radius 3 is 2.80 bits per heavy atom. The van der Waals surface area contributed by atoms with E-state index in [-0.39, 0.29) is 23.3 Å². The average molecular weight is 343 g/mol. The van der Waals surface area contributed by atoms with E-state index in [0.717, 1.165) is 6.42 Å². The van der Waals surface area contributed by atoms with Crippen LogP contribution in [0.15, 0.2) is 41.2 Å². The minimum absolute atomic E-state index is 0.207. The van der Waals surface area contributed by atoms with Gasteiger partial charge in [0.05, 0.1) is 6.54 Å². The molecule has 1 atom stereocenters. The van der Waals surface area contributed by atoms with Crippen LogP contribution >= 0.6 is 0 Å². The molecule has 1 amide bonds. The van der Waals surface area contributed by atoms with Crippen LogP contribution in [0.1, 0.15) is 23.8 Å². The second-order valence-electron chi connectivity index (χ2n) is 5.96. The summed E-state index contributed by atoms with van der Waals surface area (Å²) in [7, 11) is 1.68. The Labute approximate surface area is 145 Å². The van der Waals surface area contributed by atoms with Gasteiger partial charge in [0.1, 0.15) is 12.3 Å². The largest absolute Gasteiger partial charge is 0.486 e. The minimum Gasteiger partial charge on any atom is -0.486 e. The molecule has 0 aliphatic carbocycles. The Morgan fingerprint density at radius 1 is 1.28 bits per heavy atom. The van der Waals surface area contributed by atoms with Crippen molar-refractivity contribution in [2.24, 2.45) is 0 Å². The fourth-order valence-corrected chi connectivity index (χ4v) is 2.67. The number of carbonyl (C=O) groups is 1. The summed E-state index contributed by atoms with van der Waals surface area (Å²) in [6, 6.07) is 10.3. The number of hydrogen-bond acceptors (Lipinski definition) is 5. The summed E-state index contributed by atoms with van der Waals surface area (Å²) in [5.74, 6) is 1.13. The molecule has 0 fully saturated rings. The zero-order valence-electron chi connectivity index (χ0n) is 14.3. The Kier molecular flexibility index (Phi) is 5.02. The van der Waals surface area contributed by atoms with E-state index in [1.807, 2.05) is 31.2 Å². The van der Waals surface area contributed by atoms with Gasteiger partial charge < -0.3 is 14.4 Å². The number of hydrogen-bond donors (Lipinski definition) is 0. The van der Waals surface area contributed by atoms with Gasteiger partial charge in [-0.2, -0.15) is 5.10 Å². The molecule has 2 aromatic rings. The van der Waals surface area contributed by atoms with E-state index in [4.69, 9.17) is 9.47 Å². The van der Waals surface area contributed by atoms with Gasteiger partial charge in [-0.25, -0.2) is 4.68 Å². The zero-order chi connectivity index (χ0) is 17.8. The molecule has 0 saturated heterocycles. The number of aryl methyl sites for hydroxylation is 1. The van der Waals surface area contributed by atoms with Gasteiger partial charge in [0.25, 0.3) is 11.5 Å². The van der Waals surface area contributed by atoms with Crippen LogP contribution < -0.4 is 15.0 Å². The first-order valence-electron chi connectivity index (χ1n) is 8.30. The number of rotatable bonds is 5. The van der Waals surface area contributed by atoms with Crippen molar-refractivity contribution in [1.82, 2.24) is 14.7 Å². The van der Waals surface area contributed by atoms with Crippen LogP contribution in [0.2, 0.25) is 0 Å². The number of carbonyl (C=O) groups excluding carboxylic acids is 1. The first-order valence-corrected chi connectivity index (χ1v) is 8.30. The standard InChI is InChI=1S/C18H21N3O4/c1-3-10-21-17(22)9-8-14(19-21)18(23)20(2)11-13-12-24-15-6-4-5-7-16(15)25-13/h4-9,13H,3,10-12H2,1-2H3/t13-/m0/s1. The van der Waals surface area contributed by atoms with Crippen molar-refractivity contribution in [3.63, 3.8) is 0 Å². The molecule has 132 valence electrons. The fraction of sp³-hybridized carbons (Fsp3) is 0.389. The highest BCUT2D eigenvalue weighted by atomic mass is 16.6. The Morgan fingerprint density at radius 2 is 2.04 bits per heavy atom. The monoisotopic (exact) mass is 343 g/mol. The molecule has 25 heavy (non-hydrogen) atoms. The Balaban J connectivity index is 1.67.